The van der Waals surface area contributed by atoms with Gasteiger partial charge in [0.2, 0.25) is 0 Å². The highest BCUT2D eigenvalue weighted by atomic mass is 35.5. The molecule has 0 saturated heterocycles. The predicted molar refractivity (Wildman–Crippen MR) is 81.0 cm³/mol. The average Bonchev–Trinajstić information content (AvgIpc) is 2.42. The molecule has 0 spiro atoms. The molecule has 0 unspecified atom stereocenters. The van der Waals surface area contributed by atoms with Gasteiger partial charge in [0.05, 0.1) is 19.9 Å². The van der Waals surface area contributed by atoms with Crippen LogP contribution in [0, 0.1) is 10.1 Å². The maximum Gasteiger partial charge on any atom is 0.283 e. The zero-order valence-corrected chi connectivity index (χ0v) is 12.6. The third-order valence-electron chi connectivity index (χ3n) is 2.40. The lowest BCUT2D eigenvalue weighted by atomic mass is 10.3. The topological polar surface area (TPSA) is 68.1 Å². The molecule has 0 bridgehead atoms. The fourth-order valence-corrected chi connectivity index (χ4v) is 2.96. The first-order valence-corrected chi connectivity index (χ1v) is 7.05. The second-order valence-corrected chi connectivity index (χ2v) is 5.53. The molecular formula is C12H9Cl2N3O2S. The van der Waals surface area contributed by atoms with E-state index in [9.17, 15) is 10.1 Å². The second-order valence-electron chi connectivity index (χ2n) is 3.68. The molecule has 0 atom stereocenters. The number of pyridine rings is 1. The molecule has 0 fully saturated rings. The van der Waals surface area contributed by atoms with Gasteiger partial charge in [0, 0.05) is 13.1 Å². The molecule has 1 aromatic carbocycles. The zero-order chi connectivity index (χ0) is 14.7. The van der Waals surface area contributed by atoms with Crippen LogP contribution >= 0.6 is 35.0 Å². The Kier molecular flexibility index (Phi) is 4.69. The number of hydrogen-bond acceptors (Lipinski definition) is 5. The first-order valence-electron chi connectivity index (χ1n) is 5.48. The zero-order valence-electron chi connectivity index (χ0n) is 10.3. The molecule has 0 saturated carbocycles. The highest BCUT2D eigenvalue weighted by molar-refractivity contribution is 7.99. The van der Waals surface area contributed by atoms with Crippen molar-refractivity contribution in [2.75, 3.05) is 12.4 Å². The summed E-state index contributed by atoms with van der Waals surface area (Å²) in [6, 6.07) is 7.97. The molecule has 1 N–H and O–H groups in total. The molecule has 5 nitrogen and oxygen atoms in total. The van der Waals surface area contributed by atoms with Gasteiger partial charge in [-0.2, -0.15) is 0 Å². The molecule has 2 aromatic rings. The van der Waals surface area contributed by atoms with Crippen LogP contribution in [0.15, 0.2) is 40.3 Å². The van der Waals surface area contributed by atoms with E-state index in [4.69, 9.17) is 23.2 Å². The van der Waals surface area contributed by atoms with Crippen LogP contribution in [0.3, 0.4) is 0 Å². The lowest BCUT2D eigenvalue weighted by Crippen LogP contribution is -1.96. The quantitative estimate of drug-likeness (QED) is 0.661. The van der Waals surface area contributed by atoms with Crippen LogP contribution in [-0.2, 0) is 0 Å². The summed E-state index contributed by atoms with van der Waals surface area (Å²) in [5.41, 5.74) is 0.0105. The standard InChI is InChI=1S/C12H9Cl2N3O2S/c1-15-11-7(13)6-8(14)12(16-11)20-10-5-3-2-4-9(10)17(18)19/h2-6H,1H3,(H,15,16). The number of benzene rings is 1. The van der Waals surface area contributed by atoms with Crippen molar-refractivity contribution in [1.29, 1.82) is 0 Å². The van der Waals surface area contributed by atoms with Gasteiger partial charge in [-0.1, -0.05) is 47.1 Å². The van der Waals surface area contributed by atoms with Gasteiger partial charge in [-0.15, -0.1) is 0 Å². The molecule has 0 radical (unpaired) electrons. The number of nitrogens with one attached hydrogen (secondary N) is 1. The van der Waals surface area contributed by atoms with Gasteiger partial charge >= 0.3 is 0 Å². The Labute approximate surface area is 129 Å². The Morgan fingerprint density at radius 2 is 2.00 bits per heavy atom. The Morgan fingerprint density at radius 3 is 2.65 bits per heavy atom. The fourth-order valence-electron chi connectivity index (χ4n) is 1.50. The maximum absolute atomic E-state index is 11.0. The minimum Gasteiger partial charge on any atom is -0.372 e. The fraction of sp³-hybridized carbons (Fsp3) is 0.0833. The van der Waals surface area contributed by atoms with Gasteiger partial charge in [0.25, 0.3) is 5.69 Å². The van der Waals surface area contributed by atoms with Crippen molar-refractivity contribution in [3.63, 3.8) is 0 Å². The Bertz CT molecular complexity index is 667. The van der Waals surface area contributed by atoms with Crippen LogP contribution in [-0.4, -0.2) is 17.0 Å². The summed E-state index contributed by atoms with van der Waals surface area (Å²) >= 11 is 13.2. The Balaban J connectivity index is 2.42. The van der Waals surface area contributed by atoms with Gasteiger partial charge in [-0.05, 0) is 12.1 Å². The van der Waals surface area contributed by atoms with Crippen molar-refractivity contribution in [3.8, 4) is 0 Å². The predicted octanol–water partition coefficient (Wildman–Crippen LogP) is 4.49. The Hall–Kier alpha value is -1.50. The normalized spacial score (nSPS) is 10.3. The van der Waals surface area contributed by atoms with Gasteiger partial charge in [-0.25, -0.2) is 4.98 Å². The number of aromatic nitrogens is 1. The smallest absolute Gasteiger partial charge is 0.283 e. The molecular weight excluding hydrogens is 321 g/mol. The van der Waals surface area contributed by atoms with E-state index in [1.165, 1.54) is 6.07 Å². The number of rotatable bonds is 4. The van der Waals surface area contributed by atoms with E-state index >= 15 is 0 Å². The molecule has 0 amide bonds. The van der Waals surface area contributed by atoms with E-state index in [0.717, 1.165) is 11.8 Å². The van der Waals surface area contributed by atoms with Crippen LogP contribution in [0.2, 0.25) is 10.0 Å². The molecule has 2 rings (SSSR count). The summed E-state index contributed by atoms with van der Waals surface area (Å²) in [5.74, 6) is 0.470. The van der Waals surface area contributed by atoms with E-state index in [-0.39, 0.29) is 5.69 Å². The summed E-state index contributed by atoms with van der Waals surface area (Å²) < 4.78 is 0. The first kappa shape index (κ1) is 14.9. The molecule has 0 aliphatic carbocycles. The molecule has 1 aromatic heterocycles. The highest BCUT2D eigenvalue weighted by Crippen LogP contribution is 2.39. The number of nitro groups is 1. The van der Waals surface area contributed by atoms with Crippen molar-refractivity contribution >= 4 is 46.5 Å². The molecule has 20 heavy (non-hydrogen) atoms. The monoisotopic (exact) mass is 329 g/mol. The van der Waals surface area contributed by atoms with Crippen LogP contribution in [0.1, 0.15) is 0 Å². The molecule has 104 valence electrons. The first-order chi connectivity index (χ1) is 9.52. The van der Waals surface area contributed by atoms with Crippen molar-refractivity contribution in [3.05, 3.63) is 50.5 Å². The number of anilines is 1. The number of nitrogens with zero attached hydrogens (tertiary/aromatic N) is 2. The summed E-state index contributed by atoms with van der Waals surface area (Å²) in [5, 5.41) is 15.0. The average molecular weight is 330 g/mol. The second kappa shape index (κ2) is 6.30. The largest absolute Gasteiger partial charge is 0.372 e. The third-order valence-corrected chi connectivity index (χ3v) is 4.16. The van der Waals surface area contributed by atoms with Crippen molar-refractivity contribution < 1.29 is 4.92 Å². The van der Waals surface area contributed by atoms with Gasteiger partial charge in [0.1, 0.15) is 10.8 Å². The SMILES string of the molecule is CNc1nc(Sc2ccccc2[N+](=O)[O-])c(Cl)cc1Cl. The van der Waals surface area contributed by atoms with E-state index in [1.54, 1.807) is 31.3 Å². The Morgan fingerprint density at radius 1 is 1.30 bits per heavy atom. The van der Waals surface area contributed by atoms with E-state index in [2.05, 4.69) is 10.3 Å². The minimum absolute atomic E-state index is 0.0105. The lowest BCUT2D eigenvalue weighted by molar-refractivity contribution is -0.387. The summed E-state index contributed by atoms with van der Waals surface area (Å²) in [6.45, 7) is 0. The minimum atomic E-state index is -0.439. The van der Waals surface area contributed by atoms with Crippen molar-refractivity contribution in [1.82, 2.24) is 4.98 Å². The van der Waals surface area contributed by atoms with Crippen LogP contribution in [0.4, 0.5) is 11.5 Å². The van der Waals surface area contributed by atoms with Gasteiger partial charge in [0.15, 0.2) is 0 Å². The van der Waals surface area contributed by atoms with Crippen LogP contribution < -0.4 is 5.32 Å². The summed E-state index contributed by atoms with van der Waals surface area (Å²) in [7, 11) is 1.68. The number of para-hydroxylation sites is 1. The number of hydrogen-bond donors (Lipinski definition) is 1. The van der Waals surface area contributed by atoms with Crippen molar-refractivity contribution in [2.45, 2.75) is 9.92 Å². The van der Waals surface area contributed by atoms with E-state index in [1.807, 2.05) is 0 Å². The number of nitro benzene ring substituents is 1. The van der Waals surface area contributed by atoms with E-state index < -0.39 is 4.92 Å². The summed E-state index contributed by atoms with van der Waals surface area (Å²) in [4.78, 5) is 15.3. The van der Waals surface area contributed by atoms with Gasteiger partial charge in [-0.3, -0.25) is 10.1 Å². The third kappa shape index (κ3) is 3.15. The molecule has 8 heteroatoms. The van der Waals surface area contributed by atoms with Crippen LogP contribution in [0.25, 0.3) is 0 Å². The number of halogens is 2. The van der Waals surface area contributed by atoms with E-state index in [0.29, 0.717) is 25.8 Å². The highest BCUT2D eigenvalue weighted by Gasteiger charge is 2.17. The lowest BCUT2D eigenvalue weighted by Gasteiger charge is -2.08. The summed E-state index contributed by atoms with van der Waals surface area (Å²) in [6.07, 6.45) is 0. The molecule has 0 aliphatic rings. The van der Waals surface area contributed by atoms with Crippen molar-refractivity contribution in [2.24, 2.45) is 0 Å². The molecule has 0 aliphatic heterocycles. The van der Waals surface area contributed by atoms with Crippen LogP contribution in [0.5, 0.6) is 0 Å². The van der Waals surface area contributed by atoms with Gasteiger partial charge < -0.3 is 5.32 Å². The molecule has 1 heterocycles. The maximum atomic E-state index is 11.0.